The maximum atomic E-state index is 12.1. The van der Waals surface area contributed by atoms with Crippen LogP contribution in [0.15, 0.2) is 18.2 Å². The van der Waals surface area contributed by atoms with Crippen molar-refractivity contribution in [2.24, 2.45) is 11.8 Å². The summed E-state index contributed by atoms with van der Waals surface area (Å²) >= 11 is 0. The first kappa shape index (κ1) is 13.9. The first-order valence-corrected chi connectivity index (χ1v) is 7.46. The number of hydrogen-bond acceptors (Lipinski definition) is 2. The van der Waals surface area contributed by atoms with Gasteiger partial charge in [-0.2, -0.15) is 0 Å². The Balaban J connectivity index is 1.62. The van der Waals surface area contributed by atoms with Gasteiger partial charge < -0.3 is 15.7 Å². The minimum absolute atomic E-state index is 0.190. The predicted molar refractivity (Wildman–Crippen MR) is 79.5 cm³/mol. The second-order valence-electron chi connectivity index (χ2n) is 6.13. The molecule has 0 spiro atoms. The molecule has 0 aromatic heterocycles. The van der Waals surface area contributed by atoms with Gasteiger partial charge in [-0.25, -0.2) is 9.59 Å². The van der Waals surface area contributed by atoms with Gasteiger partial charge in [0.15, 0.2) is 0 Å². The molecule has 5 heteroatoms. The number of hydrogen-bond donors (Lipinski definition) is 3. The summed E-state index contributed by atoms with van der Waals surface area (Å²) in [7, 11) is 0. The van der Waals surface area contributed by atoms with Crippen molar-refractivity contribution in [1.82, 2.24) is 5.32 Å². The maximum absolute atomic E-state index is 12.1. The molecule has 3 rings (SSSR count). The molecule has 5 nitrogen and oxygen atoms in total. The summed E-state index contributed by atoms with van der Waals surface area (Å²) in [6.07, 6.45) is 4.86. The number of anilines is 1. The van der Waals surface area contributed by atoms with Gasteiger partial charge in [-0.1, -0.05) is 0 Å². The lowest BCUT2D eigenvalue weighted by atomic mass is 10.1. The fourth-order valence-corrected chi connectivity index (χ4v) is 2.78. The minimum atomic E-state index is -0.961. The lowest BCUT2D eigenvalue weighted by Crippen LogP contribution is -2.40. The highest BCUT2D eigenvalue weighted by molar-refractivity contribution is 5.92. The highest BCUT2D eigenvalue weighted by Gasteiger charge is 2.42. The number of nitrogens with one attached hydrogen (secondary N) is 2. The summed E-state index contributed by atoms with van der Waals surface area (Å²) in [5, 5.41) is 14.9. The topological polar surface area (TPSA) is 78.4 Å². The SMILES string of the molecule is Cc1cc(C(=O)O)ccc1NC(=O)NC(C1CC1)C1CC1. The van der Waals surface area contributed by atoms with Crippen LogP contribution in [0, 0.1) is 18.8 Å². The average molecular weight is 288 g/mol. The van der Waals surface area contributed by atoms with Crippen molar-refractivity contribution in [3.8, 4) is 0 Å². The maximum Gasteiger partial charge on any atom is 0.335 e. The van der Waals surface area contributed by atoms with Gasteiger partial charge in [-0.3, -0.25) is 0 Å². The number of aryl methyl sites for hydroxylation is 1. The first-order chi connectivity index (χ1) is 10.0. The molecule has 0 heterocycles. The van der Waals surface area contributed by atoms with Crippen molar-refractivity contribution in [2.75, 3.05) is 5.32 Å². The van der Waals surface area contributed by atoms with E-state index < -0.39 is 5.97 Å². The van der Waals surface area contributed by atoms with E-state index in [1.807, 2.05) is 0 Å². The first-order valence-electron chi connectivity index (χ1n) is 7.46. The fourth-order valence-electron chi connectivity index (χ4n) is 2.78. The molecular weight excluding hydrogens is 268 g/mol. The van der Waals surface area contributed by atoms with Crippen molar-refractivity contribution in [3.05, 3.63) is 29.3 Å². The number of carbonyl (C=O) groups excluding carboxylic acids is 1. The van der Waals surface area contributed by atoms with Crippen LogP contribution in [0.3, 0.4) is 0 Å². The van der Waals surface area contributed by atoms with E-state index in [1.54, 1.807) is 19.1 Å². The molecule has 2 aliphatic carbocycles. The van der Waals surface area contributed by atoms with Gasteiger partial charge in [-0.05, 0) is 68.2 Å². The Kier molecular flexibility index (Phi) is 3.57. The zero-order valence-electron chi connectivity index (χ0n) is 12.1. The summed E-state index contributed by atoms with van der Waals surface area (Å²) in [6, 6.07) is 4.83. The van der Waals surface area contributed by atoms with Crippen molar-refractivity contribution in [2.45, 2.75) is 38.6 Å². The van der Waals surface area contributed by atoms with Gasteiger partial charge in [0.05, 0.1) is 5.56 Å². The minimum Gasteiger partial charge on any atom is -0.478 e. The fraction of sp³-hybridized carbons (Fsp3) is 0.500. The molecule has 2 saturated carbocycles. The monoisotopic (exact) mass is 288 g/mol. The van der Waals surface area contributed by atoms with Gasteiger partial charge in [0.25, 0.3) is 0 Å². The average Bonchev–Trinajstić information content (AvgIpc) is 3.30. The Labute approximate surface area is 123 Å². The van der Waals surface area contributed by atoms with Gasteiger partial charge >= 0.3 is 12.0 Å². The van der Waals surface area contributed by atoms with Crippen LogP contribution in [-0.4, -0.2) is 23.1 Å². The lowest BCUT2D eigenvalue weighted by Gasteiger charge is -2.18. The Morgan fingerprint density at radius 2 is 1.81 bits per heavy atom. The molecule has 0 radical (unpaired) electrons. The van der Waals surface area contributed by atoms with Crippen molar-refractivity contribution in [3.63, 3.8) is 0 Å². The van der Waals surface area contributed by atoms with Gasteiger partial charge in [0.2, 0.25) is 0 Å². The molecule has 2 amide bonds. The van der Waals surface area contributed by atoms with Crippen molar-refractivity contribution in [1.29, 1.82) is 0 Å². The third-order valence-corrected chi connectivity index (χ3v) is 4.28. The van der Waals surface area contributed by atoms with Crippen LogP contribution >= 0.6 is 0 Å². The molecule has 3 N–H and O–H groups in total. The van der Waals surface area contributed by atoms with Gasteiger partial charge in [-0.15, -0.1) is 0 Å². The van der Waals surface area contributed by atoms with Crippen molar-refractivity contribution < 1.29 is 14.7 Å². The van der Waals surface area contributed by atoms with Crippen LogP contribution in [0.4, 0.5) is 10.5 Å². The van der Waals surface area contributed by atoms with E-state index in [1.165, 1.54) is 31.7 Å². The molecule has 21 heavy (non-hydrogen) atoms. The summed E-state index contributed by atoms with van der Waals surface area (Å²) in [6.45, 7) is 1.79. The van der Waals surface area contributed by atoms with Gasteiger partial charge in [0.1, 0.15) is 0 Å². The molecular formula is C16H20N2O3. The number of urea groups is 1. The number of aromatic carboxylic acids is 1. The molecule has 2 aliphatic rings. The number of carboxylic acids is 1. The summed E-state index contributed by atoms with van der Waals surface area (Å²) in [5.41, 5.74) is 1.63. The second kappa shape index (κ2) is 5.39. The summed E-state index contributed by atoms with van der Waals surface area (Å²) < 4.78 is 0. The smallest absolute Gasteiger partial charge is 0.335 e. The van der Waals surface area contributed by atoms with E-state index in [9.17, 15) is 9.59 Å². The number of carboxylic acid groups (broad SMARTS) is 1. The van der Waals surface area contributed by atoms with Crippen LogP contribution in [0.5, 0.6) is 0 Å². The Bertz CT molecular complexity index is 565. The molecule has 112 valence electrons. The van der Waals surface area contributed by atoms with Crippen LogP contribution in [0.2, 0.25) is 0 Å². The zero-order valence-corrected chi connectivity index (χ0v) is 12.1. The lowest BCUT2D eigenvalue weighted by molar-refractivity contribution is 0.0697. The van der Waals surface area contributed by atoms with E-state index in [2.05, 4.69) is 10.6 Å². The zero-order chi connectivity index (χ0) is 15.0. The molecule has 0 unspecified atom stereocenters. The Morgan fingerprint density at radius 1 is 1.19 bits per heavy atom. The third kappa shape index (κ3) is 3.35. The summed E-state index contributed by atoms with van der Waals surface area (Å²) in [4.78, 5) is 23.0. The number of rotatable bonds is 5. The number of carbonyl (C=O) groups is 2. The number of benzene rings is 1. The second-order valence-corrected chi connectivity index (χ2v) is 6.13. The van der Waals surface area contributed by atoms with E-state index in [4.69, 9.17) is 5.11 Å². The highest BCUT2D eigenvalue weighted by Crippen LogP contribution is 2.44. The largest absolute Gasteiger partial charge is 0.478 e. The van der Waals surface area contributed by atoms with Crippen molar-refractivity contribution >= 4 is 17.7 Å². The van der Waals surface area contributed by atoms with Crippen LogP contribution in [0.25, 0.3) is 0 Å². The van der Waals surface area contributed by atoms with Crippen LogP contribution < -0.4 is 10.6 Å². The van der Waals surface area contributed by atoms with E-state index in [0.29, 0.717) is 23.6 Å². The Hall–Kier alpha value is -2.04. The van der Waals surface area contributed by atoms with Crippen LogP contribution in [0.1, 0.15) is 41.6 Å². The molecule has 1 aromatic carbocycles. The normalized spacial score (nSPS) is 17.6. The third-order valence-electron chi connectivity index (χ3n) is 4.28. The Morgan fingerprint density at radius 3 is 2.29 bits per heavy atom. The van der Waals surface area contributed by atoms with Crippen LogP contribution in [-0.2, 0) is 0 Å². The molecule has 1 aromatic rings. The van der Waals surface area contributed by atoms with E-state index >= 15 is 0 Å². The highest BCUT2D eigenvalue weighted by atomic mass is 16.4. The van der Waals surface area contributed by atoms with E-state index in [-0.39, 0.29) is 11.6 Å². The molecule has 0 aliphatic heterocycles. The molecule has 0 bridgehead atoms. The predicted octanol–water partition coefficient (Wildman–Crippen LogP) is 3.00. The molecule has 0 saturated heterocycles. The van der Waals surface area contributed by atoms with E-state index in [0.717, 1.165) is 5.56 Å². The summed E-state index contributed by atoms with van der Waals surface area (Å²) in [5.74, 6) is 0.342. The molecule has 2 fully saturated rings. The standard InChI is InChI=1S/C16H20N2O3/c1-9-8-12(15(19)20)6-7-13(9)17-16(21)18-14(10-2-3-10)11-4-5-11/h6-8,10-11,14H,2-5H2,1H3,(H,19,20)(H2,17,18,21). The number of amides is 2. The van der Waals surface area contributed by atoms with Gasteiger partial charge in [0, 0.05) is 11.7 Å². The quantitative estimate of drug-likeness (QED) is 0.779. The molecule has 0 atom stereocenters.